The highest BCUT2D eigenvalue weighted by Gasteiger charge is 2.35. The number of carbonyl (C=O) groups excluding carboxylic acids is 1. The van der Waals surface area contributed by atoms with Gasteiger partial charge >= 0.3 is 0 Å². The minimum absolute atomic E-state index is 0.1000. The van der Waals surface area contributed by atoms with Crippen LogP contribution in [0.1, 0.15) is 19.3 Å². The van der Waals surface area contributed by atoms with E-state index in [0.717, 1.165) is 30.6 Å². The first-order valence-corrected chi connectivity index (χ1v) is 5.78. The molecule has 1 fully saturated rings. The lowest BCUT2D eigenvalue weighted by Crippen LogP contribution is -2.53. The van der Waals surface area contributed by atoms with Crippen LogP contribution in [0.5, 0.6) is 0 Å². The van der Waals surface area contributed by atoms with Crippen LogP contribution >= 0.6 is 0 Å². The molecule has 5 nitrogen and oxygen atoms in total. The number of aliphatic carboxylic acids is 1. The van der Waals surface area contributed by atoms with E-state index in [1.165, 1.54) is 0 Å². The zero-order valence-electron chi connectivity index (χ0n) is 10.4. The Morgan fingerprint density at radius 2 is 2.12 bits per heavy atom. The Labute approximate surface area is 97.2 Å². The van der Waals surface area contributed by atoms with Gasteiger partial charge in [-0.25, -0.2) is 4.90 Å². The number of carbonyl (C=O) groups is 1. The van der Waals surface area contributed by atoms with Crippen molar-refractivity contribution in [2.24, 2.45) is 0 Å². The van der Waals surface area contributed by atoms with Gasteiger partial charge in [0.1, 0.15) is 0 Å². The number of hydrogen-bond acceptors (Lipinski definition) is 4. The van der Waals surface area contributed by atoms with Gasteiger partial charge in [0, 0.05) is 19.1 Å². The first-order chi connectivity index (χ1) is 7.41. The maximum absolute atomic E-state index is 10.3. The fraction of sp³-hybridized carbons (Fsp3) is 0.909. The van der Waals surface area contributed by atoms with Crippen molar-refractivity contribution in [3.8, 4) is 0 Å². The molecular weight excluding hydrogens is 208 g/mol. The highest BCUT2D eigenvalue weighted by Crippen LogP contribution is 2.17. The summed E-state index contributed by atoms with van der Waals surface area (Å²) in [6.07, 6.45) is 1.82. The van der Waals surface area contributed by atoms with Crippen molar-refractivity contribution in [2.75, 3.05) is 40.8 Å². The zero-order chi connectivity index (χ0) is 12.2. The number of unbranched alkanes of at least 4 members (excludes halogenated alkanes) is 1. The maximum atomic E-state index is 10.3. The van der Waals surface area contributed by atoms with Crippen molar-refractivity contribution in [3.63, 3.8) is 0 Å². The third-order valence-electron chi connectivity index (χ3n) is 2.70. The standard InChI is InChI=1S/C11H22N2O3/c1-13(2,3)11-12(8-9-16-11)7-5-4-6-10(14)15/h11H,4-9H2,1-3H3/t11-/m1/s1. The summed E-state index contributed by atoms with van der Waals surface area (Å²) in [5.41, 5.74) is 0. The first kappa shape index (κ1) is 13.4. The molecular formula is C11H22N2O3. The second kappa shape index (κ2) is 5.61. The monoisotopic (exact) mass is 230 g/mol. The Morgan fingerprint density at radius 1 is 1.44 bits per heavy atom. The third kappa shape index (κ3) is 4.08. The summed E-state index contributed by atoms with van der Waals surface area (Å²) < 4.78 is 6.43. The highest BCUT2D eigenvalue weighted by atomic mass is 16.5. The predicted molar refractivity (Wildman–Crippen MR) is 58.2 cm³/mol. The minimum Gasteiger partial charge on any atom is -0.550 e. The van der Waals surface area contributed by atoms with Gasteiger partial charge in [0.15, 0.2) is 0 Å². The average molecular weight is 230 g/mol. The fourth-order valence-corrected chi connectivity index (χ4v) is 2.01. The molecule has 1 rings (SSSR count). The number of hydrogen-bond donors (Lipinski definition) is 0. The quantitative estimate of drug-likeness (QED) is 0.444. The van der Waals surface area contributed by atoms with Gasteiger partial charge in [0.05, 0.1) is 27.7 Å². The Morgan fingerprint density at radius 3 is 2.69 bits per heavy atom. The largest absolute Gasteiger partial charge is 0.550 e. The van der Waals surface area contributed by atoms with Gasteiger partial charge in [-0.1, -0.05) is 0 Å². The second-order valence-corrected chi connectivity index (χ2v) is 5.18. The molecule has 0 unspecified atom stereocenters. The Balaban J connectivity index is 2.28. The average Bonchev–Trinajstić information content (AvgIpc) is 2.59. The number of nitrogens with zero attached hydrogens (tertiary/aromatic N) is 2. The summed E-state index contributed by atoms with van der Waals surface area (Å²) in [6, 6.07) is 0. The molecule has 0 aromatic rings. The van der Waals surface area contributed by atoms with E-state index in [1.54, 1.807) is 0 Å². The van der Waals surface area contributed by atoms with Crippen LogP contribution in [-0.2, 0) is 9.53 Å². The van der Waals surface area contributed by atoms with E-state index < -0.39 is 5.97 Å². The number of rotatable bonds is 6. The summed E-state index contributed by atoms with van der Waals surface area (Å²) in [5, 5.41) is 10.3. The molecule has 1 aliphatic rings. The summed E-state index contributed by atoms with van der Waals surface area (Å²) in [7, 11) is 6.30. The van der Waals surface area contributed by atoms with E-state index >= 15 is 0 Å². The van der Waals surface area contributed by atoms with Gasteiger partial charge < -0.3 is 14.6 Å². The molecule has 1 heterocycles. The highest BCUT2D eigenvalue weighted by molar-refractivity contribution is 5.64. The predicted octanol–water partition coefficient (Wildman–Crippen LogP) is -0.771. The molecule has 0 amide bonds. The molecule has 0 radical (unpaired) electrons. The Kier molecular flexibility index (Phi) is 4.70. The third-order valence-corrected chi connectivity index (χ3v) is 2.70. The van der Waals surface area contributed by atoms with Crippen molar-refractivity contribution in [1.29, 1.82) is 0 Å². The van der Waals surface area contributed by atoms with Crippen LogP contribution in [0, 0.1) is 0 Å². The van der Waals surface area contributed by atoms with Crippen molar-refractivity contribution in [1.82, 2.24) is 4.90 Å². The molecule has 94 valence electrons. The van der Waals surface area contributed by atoms with Crippen LogP contribution in [-0.4, -0.2) is 62.5 Å². The zero-order valence-corrected chi connectivity index (χ0v) is 10.4. The topological polar surface area (TPSA) is 52.6 Å². The molecule has 0 bridgehead atoms. The lowest BCUT2D eigenvalue weighted by molar-refractivity contribution is -0.929. The van der Waals surface area contributed by atoms with Crippen molar-refractivity contribution >= 4 is 5.97 Å². The molecule has 1 saturated heterocycles. The Bertz CT molecular complexity index is 238. The van der Waals surface area contributed by atoms with Gasteiger partial charge in [-0.05, 0) is 19.3 Å². The lowest BCUT2D eigenvalue weighted by atomic mass is 10.2. The van der Waals surface area contributed by atoms with Crippen LogP contribution < -0.4 is 5.11 Å². The lowest BCUT2D eigenvalue weighted by Gasteiger charge is -2.35. The summed E-state index contributed by atoms with van der Waals surface area (Å²) >= 11 is 0. The van der Waals surface area contributed by atoms with E-state index in [4.69, 9.17) is 4.74 Å². The molecule has 1 aliphatic heterocycles. The van der Waals surface area contributed by atoms with Gasteiger partial charge in [0.25, 0.3) is 6.35 Å². The van der Waals surface area contributed by atoms with Crippen LogP contribution in [0.3, 0.4) is 0 Å². The molecule has 0 aromatic carbocycles. The number of quaternary nitrogens is 1. The summed E-state index contributed by atoms with van der Waals surface area (Å²) in [6.45, 7) is 2.60. The molecule has 0 spiro atoms. The van der Waals surface area contributed by atoms with Crippen LogP contribution in [0.4, 0.5) is 0 Å². The fourth-order valence-electron chi connectivity index (χ4n) is 2.01. The number of ether oxygens (including phenoxy) is 1. The van der Waals surface area contributed by atoms with Gasteiger partial charge in [-0.15, -0.1) is 0 Å². The number of carboxylic acids is 1. The molecule has 0 aliphatic carbocycles. The SMILES string of the molecule is C[N+](C)(C)[C@@H]1OCCN1CCCCC(=O)[O-]. The Hall–Kier alpha value is -0.650. The summed E-state index contributed by atoms with van der Waals surface area (Å²) in [5.74, 6) is -0.958. The van der Waals surface area contributed by atoms with Gasteiger partial charge in [0.2, 0.25) is 0 Å². The molecule has 16 heavy (non-hydrogen) atoms. The van der Waals surface area contributed by atoms with E-state index in [9.17, 15) is 9.90 Å². The normalized spacial score (nSPS) is 22.6. The van der Waals surface area contributed by atoms with Crippen molar-refractivity contribution < 1.29 is 19.1 Å². The second-order valence-electron chi connectivity index (χ2n) is 5.18. The van der Waals surface area contributed by atoms with Gasteiger partial charge in [-0.2, -0.15) is 0 Å². The maximum Gasteiger partial charge on any atom is 0.255 e. The van der Waals surface area contributed by atoms with Crippen molar-refractivity contribution in [2.45, 2.75) is 25.6 Å². The molecule has 1 atom stereocenters. The summed E-state index contributed by atoms with van der Waals surface area (Å²) in [4.78, 5) is 12.5. The van der Waals surface area contributed by atoms with Crippen LogP contribution in [0.2, 0.25) is 0 Å². The first-order valence-electron chi connectivity index (χ1n) is 5.78. The van der Waals surface area contributed by atoms with E-state index in [1.807, 2.05) is 0 Å². The number of carboxylic acid groups (broad SMARTS) is 1. The smallest absolute Gasteiger partial charge is 0.255 e. The van der Waals surface area contributed by atoms with Gasteiger partial charge in [-0.3, -0.25) is 4.48 Å². The van der Waals surface area contributed by atoms with Crippen LogP contribution in [0.15, 0.2) is 0 Å². The van der Waals surface area contributed by atoms with Crippen LogP contribution in [0.25, 0.3) is 0 Å². The minimum atomic E-state index is -0.958. The van der Waals surface area contributed by atoms with Crippen molar-refractivity contribution in [3.05, 3.63) is 0 Å². The molecule has 0 N–H and O–H groups in total. The molecule has 5 heteroatoms. The molecule has 0 saturated carbocycles. The van der Waals surface area contributed by atoms with E-state index in [2.05, 4.69) is 26.0 Å². The molecule has 0 aromatic heterocycles. The van der Waals surface area contributed by atoms with E-state index in [-0.39, 0.29) is 12.8 Å². The van der Waals surface area contributed by atoms with E-state index in [0.29, 0.717) is 6.42 Å².